The first-order valence-electron chi connectivity index (χ1n) is 6.51. The first-order valence-corrected chi connectivity index (χ1v) is 6.51. The van der Waals surface area contributed by atoms with Gasteiger partial charge in [-0.05, 0) is 37.9 Å². The molecule has 1 atom stereocenters. The molecule has 0 aromatic heterocycles. The highest BCUT2D eigenvalue weighted by Crippen LogP contribution is 2.20. The molecule has 0 aliphatic rings. The summed E-state index contributed by atoms with van der Waals surface area (Å²) < 4.78 is 0. The van der Waals surface area contributed by atoms with Crippen molar-refractivity contribution in [2.45, 2.75) is 26.2 Å². The largest absolute Gasteiger partial charge is 0.330 e. The lowest BCUT2D eigenvalue weighted by Crippen LogP contribution is -2.15. The van der Waals surface area contributed by atoms with E-state index >= 15 is 0 Å². The molecule has 0 bridgehead atoms. The van der Waals surface area contributed by atoms with Gasteiger partial charge in [0.2, 0.25) is 0 Å². The van der Waals surface area contributed by atoms with Crippen LogP contribution in [0.5, 0.6) is 0 Å². The van der Waals surface area contributed by atoms with Gasteiger partial charge in [-0.25, -0.2) is 0 Å². The van der Waals surface area contributed by atoms with E-state index in [0.29, 0.717) is 12.5 Å². The molecule has 1 heteroatoms. The quantitative estimate of drug-likeness (QED) is 0.867. The molecule has 2 N–H and O–H groups in total. The Bertz CT molecular complexity index is 482. The summed E-state index contributed by atoms with van der Waals surface area (Å²) in [7, 11) is 0. The molecule has 18 heavy (non-hydrogen) atoms. The fourth-order valence-electron chi connectivity index (χ4n) is 2.18. The molecule has 0 aliphatic carbocycles. The van der Waals surface area contributed by atoms with Crippen molar-refractivity contribution >= 4 is 0 Å². The Hall–Kier alpha value is -1.60. The van der Waals surface area contributed by atoms with E-state index in [9.17, 15) is 0 Å². The summed E-state index contributed by atoms with van der Waals surface area (Å²) in [4.78, 5) is 0. The molecule has 0 saturated heterocycles. The monoisotopic (exact) mass is 239 g/mol. The van der Waals surface area contributed by atoms with Gasteiger partial charge >= 0.3 is 0 Å². The van der Waals surface area contributed by atoms with E-state index in [1.54, 1.807) is 0 Å². The van der Waals surface area contributed by atoms with E-state index in [1.165, 1.54) is 22.3 Å². The normalized spacial score (nSPS) is 12.4. The van der Waals surface area contributed by atoms with Crippen LogP contribution in [0.15, 0.2) is 48.5 Å². The predicted molar refractivity (Wildman–Crippen MR) is 77.9 cm³/mol. The minimum Gasteiger partial charge on any atom is -0.330 e. The van der Waals surface area contributed by atoms with Crippen molar-refractivity contribution in [3.8, 4) is 0 Å². The van der Waals surface area contributed by atoms with Crippen LogP contribution in [0.4, 0.5) is 0 Å². The first kappa shape index (κ1) is 12.8. The number of benzene rings is 2. The van der Waals surface area contributed by atoms with Gasteiger partial charge in [-0.15, -0.1) is 0 Å². The molecule has 0 fully saturated rings. The molecule has 2 rings (SSSR count). The maximum atomic E-state index is 5.92. The number of aryl methyl sites for hydroxylation is 2. The minimum atomic E-state index is 0.410. The van der Waals surface area contributed by atoms with Crippen LogP contribution in [-0.2, 0) is 6.42 Å². The Morgan fingerprint density at radius 1 is 0.833 bits per heavy atom. The second kappa shape index (κ2) is 5.83. The van der Waals surface area contributed by atoms with E-state index in [0.717, 1.165) is 6.42 Å². The SMILES string of the molecule is Cc1ccc(CC(CN)c2ccc(C)cc2)cc1. The summed E-state index contributed by atoms with van der Waals surface area (Å²) >= 11 is 0. The Kier molecular flexibility index (Phi) is 4.16. The third-order valence-electron chi connectivity index (χ3n) is 3.44. The molecular formula is C17H21N. The van der Waals surface area contributed by atoms with Crippen molar-refractivity contribution in [1.29, 1.82) is 0 Å². The molecule has 0 saturated carbocycles. The Labute approximate surface area is 110 Å². The van der Waals surface area contributed by atoms with Crippen LogP contribution in [0, 0.1) is 13.8 Å². The molecule has 2 aromatic carbocycles. The number of hydrogen-bond donors (Lipinski definition) is 1. The zero-order valence-electron chi connectivity index (χ0n) is 11.2. The molecule has 0 heterocycles. The Morgan fingerprint density at radius 3 is 1.83 bits per heavy atom. The van der Waals surface area contributed by atoms with Crippen molar-refractivity contribution in [2.75, 3.05) is 6.54 Å². The molecule has 0 radical (unpaired) electrons. The average Bonchev–Trinajstić information content (AvgIpc) is 2.39. The van der Waals surface area contributed by atoms with Crippen LogP contribution in [0.3, 0.4) is 0 Å². The maximum Gasteiger partial charge on any atom is 0.000157 e. The molecular weight excluding hydrogens is 218 g/mol. The van der Waals surface area contributed by atoms with Gasteiger partial charge in [0.1, 0.15) is 0 Å². The van der Waals surface area contributed by atoms with Crippen molar-refractivity contribution in [1.82, 2.24) is 0 Å². The van der Waals surface area contributed by atoms with E-state index in [4.69, 9.17) is 5.73 Å². The highest BCUT2D eigenvalue weighted by molar-refractivity contribution is 5.28. The highest BCUT2D eigenvalue weighted by atomic mass is 14.5. The lowest BCUT2D eigenvalue weighted by Gasteiger charge is -2.15. The lowest BCUT2D eigenvalue weighted by molar-refractivity contribution is 0.694. The summed E-state index contributed by atoms with van der Waals surface area (Å²) in [5.41, 5.74) is 11.2. The van der Waals surface area contributed by atoms with Gasteiger partial charge in [0.25, 0.3) is 0 Å². The van der Waals surface area contributed by atoms with E-state index in [1.807, 2.05) is 0 Å². The number of hydrogen-bond acceptors (Lipinski definition) is 1. The maximum absolute atomic E-state index is 5.92. The standard InChI is InChI=1S/C17H21N/c1-13-3-7-15(8-4-13)11-17(12-18)16-9-5-14(2)6-10-16/h3-10,17H,11-12,18H2,1-2H3. The number of nitrogens with two attached hydrogens (primary N) is 1. The highest BCUT2D eigenvalue weighted by Gasteiger charge is 2.10. The van der Waals surface area contributed by atoms with Crippen molar-refractivity contribution in [2.24, 2.45) is 5.73 Å². The van der Waals surface area contributed by atoms with Crippen LogP contribution in [0.2, 0.25) is 0 Å². The van der Waals surface area contributed by atoms with Crippen molar-refractivity contribution in [3.63, 3.8) is 0 Å². The third-order valence-corrected chi connectivity index (χ3v) is 3.44. The molecule has 0 aliphatic heterocycles. The summed E-state index contributed by atoms with van der Waals surface area (Å²) in [5.74, 6) is 0.410. The summed E-state index contributed by atoms with van der Waals surface area (Å²) in [5, 5.41) is 0. The summed E-state index contributed by atoms with van der Waals surface area (Å²) in [6.45, 7) is 4.92. The van der Waals surface area contributed by atoms with Gasteiger partial charge in [0.05, 0.1) is 0 Å². The first-order chi connectivity index (χ1) is 8.69. The van der Waals surface area contributed by atoms with Gasteiger partial charge in [-0.1, -0.05) is 59.7 Å². The van der Waals surface area contributed by atoms with Gasteiger partial charge in [-0.3, -0.25) is 0 Å². The third kappa shape index (κ3) is 3.21. The lowest BCUT2D eigenvalue weighted by atomic mass is 9.91. The smallest absolute Gasteiger partial charge is 0.000157 e. The van der Waals surface area contributed by atoms with Gasteiger partial charge < -0.3 is 5.73 Å². The number of rotatable bonds is 4. The molecule has 94 valence electrons. The van der Waals surface area contributed by atoms with Crippen LogP contribution < -0.4 is 5.73 Å². The minimum absolute atomic E-state index is 0.410. The van der Waals surface area contributed by atoms with E-state index in [2.05, 4.69) is 62.4 Å². The fraction of sp³-hybridized carbons (Fsp3) is 0.294. The topological polar surface area (TPSA) is 26.0 Å². The fourth-order valence-corrected chi connectivity index (χ4v) is 2.18. The van der Waals surface area contributed by atoms with Crippen molar-refractivity contribution < 1.29 is 0 Å². The molecule has 2 aromatic rings. The van der Waals surface area contributed by atoms with Crippen LogP contribution in [-0.4, -0.2) is 6.54 Å². The van der Waals surface area contributed by atoms with E-state index < -0.39 is 0 Å². The molecule has 0 spiro atoms. The van der Waals surface area contributed by atoms with Crippen molar-refractivity contribution in [3.05, 3.63) is 70.8 Å². The van der Waals surface area contributed by atoms with Crippen LogP contribution in [0.25, 0.3) is 0 Å². The zero-order valence-corrected chi connectivity index (χ0v) is 11.2. The van der Waals surface area contributed by atoms with Crippen LogP contribution >= 0.6 is 0 Å². The van der Waals surface area contributed by atoms with Gasteiger partial charge in [0, 0.05) is 5.92 Å². The molecule has 1 nitrogen and oxygen atoms in total. The predicted octanol–water partition coefficient (Wildman–Crippen LogP) is 3.59. The second-order valence-corrected chi connectivity index (χ2v) is 5.03. The summed E-state index contributed by atoms with van der Waals surface area (Å²) in [6, 6.07) is 17.4. The second-order valence-electron chi connectivity index (χ2n) is 5.03. The Morgan fingerprint density at radius 2 is 1.33 bits per heavy atom. The summed E-state index contributed by atoms with van der Waals surface area (Å²) in [6.07, 6.45) is 1.01. The van der Waals surface area contributed by atoms with Gasteiger partial charge in [-0.2, -0.15) is 0 Å². The van der Waals surface area contributed by atoms with Gasteiger partial charge in [0.15, 0.2) is 0 Å². The average molecular weight is 239 g/mol. The van der Waals surface area contributed by atoms with Crippen LogP contribution in [0.1, 0.15) is 28.2 Å². The molecule has 1 unspecified atom stereocenters. The van der Waals surface area contributed by atoms with E-state index in [-0.39, 0.29) is 0 Å². The zero-order chi connectivity index (χ0) is 13.0. The Balaban J connectivity index is 2.14. The molecule has 0 amide bonds.